The van der Waals surface area contributed by atoms with Gasteiger partial charge in [0.15, 0.2) is 5.92 Å². The standard InChI is InChI=1S/C9H13F3N2OS/c10-9(11,12)7(5-13)6-14-8-1-3-16(15)4-2-8/h7-8,14H,1-4,6H2. The van der Waals surface area contributed by atoms with E-state index in [0.717, 1.165) is 0 Å². The highest BCUT2D eigenvalue weighted by Crippen LogP contribution is 2.25. The zero-order chi connectivity index (χ0) is 12.2. The normalized spacial score (nSPS) is 28.4. The van der Waals surface area contributed by atoms with Gasteiger partial charge in [-0.05, 0) is 12.8 Å². The molecule has 1 unspecified atom stereocenters. The van der Waals surface area contributed by atoms with Crippen molar-refractivity contribution in [3.05, 3.63) is 0 Å². The van der Waals surface area contributed by atoms with E-state index in [1.54, 1.807) is 0 Å². The first kappa shape index (κ1) is 13.5. The molecule has 0 aromatic rings. The van der Waals surface area contributed by atoms with Crippen LogP contribution in [0.15, 0.2) is 0 Å². The van der Waals surface area contributed by atoms with Gasteiger partial charge in [-0.15, -0.1) is 0 Å². The van der Waals surface area contributed by atoms with Crippen LogP contribution in [0.1, 0.15) is 12.8 Å². The number of hydrogen-bond acceptors (Lipinski definition) is 3. The van der Waals surface area contributed by atoms with E-state index in [1.807, 2.05) is 0 Å². The Morgan fingerprint density at radius 2 is 2.00 bits per heavy atom. The molecule has 0 radical (unpaired) electrons. The van der Waals surface area contributed by atoms with Gasteiger partial charge in [-0.2, -0.15) is 18.4 Å². The van der Waals surface area contributed by atoms with E-state index in [9.17, 15) is 17.4 Å². The minimum absolute atomic E-state index is 0.0455. The molecule has 0 spiro atoms. The molecular formula is C9H13F3N2OS. The Balaban J connectivity index is 2.34. The van der Waals surface area contributed by atoms with E-state index in [-0.39, 0.29) is 12.6 Å². The topological polar surface area (TPSA) is 52.9 Å². The maximum atomic E-state index is 12.2. The maximum absolute atomic E-state index is 12.2. The number of rotatable bonds is 3. The monoisotopic (exact) mass is 254 g/mol. The Morgan fingerprint density at radius 3 is 2.44 bits per heavy atom. The molecule has 1 heterocycles. The maximum Gasteiger partial charge on any atom is 0.405 e. The zero-order valence-corrected chi connectivity index (χ0v) is 9.40. The molecule has 1 aliphatic rings. The van der Waals surface area contributed by atoms with Crippen molar-refractivity contribution in [2.45, 2.75) is 25.1 Å². The summed E-state index contributed by atoms with van der Waals surface area (Å²) in [4.78, 5) is 0. The van der Waals surface area contributed by atoms with Crippen LogP contribution in [0, 0.1) is 17.2 Å². The Hall–Kier alpha value is -0.610. The predicted molar refractivity (Wildman–Crippen MR) is 54.1 cm³/mol. The number of nitrogens with one attached hydrogen (secondary N) is 1. The van der Waals surface area contributed by atoms with Crippen molar-refractivity contribution >= 4 is 10.8 Å². The second kappa shape index (κ2) is 5.64. The average Bonchev–Trinajstić information content (AvgIpc) is 2.19. The fourth-order valence-electron chi connectivity index (χ4n) is 1.52. The van der Waals surface area contributed by atoms with E-state index >= 15 is 0 Å². The highest BCUT2D eigenvalue weighted by Gasteiger charge is 2.39. The molecule has 0 aromatic carbocycles. The van der Waals surface area contributed by atoms with Gasteiger partial charge in [0, 0.05) is 34.9 Å². The minimum atomic E-state index is -4.47. The molecule has 0 aromatic heterocycles. The van der Waals surface area contributed by atoms with Crippen LogP contribution in [0.4, 0.5) is 13.2 Å². The highest BCUT2D eigenvalue weighted by atomic mass is 32.2. The number of nitrogens with zero attached hydrogens (tertiary/aromatic N) is 1. The second-order valence-corrected chi connectivity index (χ2v) is 5.45. The van der Waals surface area contributed by atoms with Crippen LogP contribution in [0.25, 0.3) is 0 Å². The third-order valence-electron chi connectivity index (χ3n) is 2.55. The van der Waals surface area contributed by atoms with Crippen LogP contribution in [-0.2, 0) is 10.8 Å². The summed E-state index contributed by atoms with van der Waals surface area (Å²) in [6, 6.07) is 1.20. The second-order valence-electron chi connectivity index (χ2n) is 3.75. The molecule has 16 heavy (non-hydrogen) atoms. The Bertz CT molecular complexity index is 290. The molecule has 1 N–H and O–H groups in total. The van der Waals surface area contributed by atoms with Crippen molar-refractivity contribution < 1.29 is 17.4 Å². The van der Waals surface area contributed by atoms with Crippen molar-refractivity contribution in [3.8, 4) is 6.07 Å². The molecule has 1 aliphatic heterocycles. The third-order valence-corrected chi connectivity index (χ3v) is 3.93. The van der Waals surface area contributed by atoms with Gasteiger partial charge >= 0.3 is 6.18 Å². The summed E-state index contributed by atoms with van der Waals surface area (Å²) in [5, 5.41) is 11.1. The SMILES string of the molecule is N#CC(CNC1CCS(=O)CC1)C(F)(F)F. The summed E-state index contributed by atoms with van der Waals surface area (Å²) < 4.78 is 47.7. The number of hydrogen-bond donors (Lipinski definition) is 1. The molecular weight excluding hydrogens is 241 g/mol. The van der Waals surface area contributed by atoms with Crippen molar-refractivity contribution in [3.63, 3.8) is 0 Å². The van der Waals surface area contributed by atoms with E-state index in [2.05, 4.69) is 5.32 Å². The molecule has 0 aliphatic carbocycles. The fourth-order valence-corrected chi connectivity index (χ4v) is 2.82. The van der Waals surface area contributed by atoms with Gasteiger partial charge in [0.2, 0.25) is 0 Å². The molecule has 1 saturated heterocycles. The van der Waals surface area contributed by atoms with Gasteiger partial charge in [-0.1, -0.05) is 0 Å². The lowest BCUT2D eigenvalue weighted by Crippen LogP contribution is -2.41. The lowest BCUT2D eigenvalue weighted by atomic mass is 10.1. The Morgan fingerprint density at radius 1 is 1.44 bits per heavy atom. The van der Waals surface area contributed by atoms with Gasteiger partial charge < -0.3 is 5.32 Å². The van der Waals surface area contributed by atoms with Gasteiger partial charge in [-0.25, -0.2) is 0 Å². The van der Waals surface area contributed by atoms with E-state index in [1.165, 1.54) is 6.07 Å². The zero-order valence-electron chi connectivity index (χ0n) is 8.59. The average molecular weight is 254 g/mol. The van der Waals surface area contributed by atoms with Crippen LogP contribution < -0.4 is 5.32 Å². The van der Waals surface area contributed by atoms with E-state index in [4.69, 9.17) is 5.26 Å². The van der Waals surface area contributed by atoms with E-state index < -0.39 is 22.9 Å². The number of nitriles is 1. The molecule has 92 valence electrons. The summed E-state index contributed by atoms with van der Waals surface area (Å²) in [5.74, 6) is -0.901. The lowest BCUT2D eigenvalue weighted by Gasteiger charge is -2.24. The van der Waals surface area contributed by atoms with Gasteiger partial charge in [-0.3, -0.25) is 4.21 Å². The predicted octanol–water partition coefficient (Wildman–Crippen LogP) is 1.19. The smallest absolute Gasteiger partial charge is 0.312 e. The molecule has 1 rings (SSSR count). The summed E-state index contributed by atoms with van der Waals surface area (Å²) >= 11 is 0. The van der Waals surface area contributed by atoms with Crippen LogP contribution in [0.2, 0.25) is 0 Å². The van der Waals surface area contributed by atoms with Gasteiger partial charge in [0.05, 0.1) is 6.07 Å². The van der Waals surface area contributed by atoms with Crippen molar-refractivity contribution in [1.82, 2.24) is 5.32 Å². The van der Waals surface area contributed by atoms with Crippen LogP contribution >= 0.6 is 0 Å². The summed E-state index contributed by atoms with van der Waals surface area (Å²) in [5.41, 5.74) is 0. The third kappa shape index (κ3) is 4.10. The van der Waals surface area contributed by atoms with Crippen molar-refractivity contribution in [2.24, 2.45) is 5.92 Å². The molecule has 0 amide bonds. The van der Waals surface area contributed by atoms with Crippen LogP contribution in [0.3, 0.4) is 0 Å². The number of halogens is 3. The fraction of sp³-hybridized carbons (Fsp3) is 0.889. The highest BCUT2D eigenvalue weighted by molar-refractivity contribution is 7.85. The summed E-state index contributed by atoms with van der Waals surface area (Å²) in [6.45, 7) is -0.378. The molecule has 1 fully saturated rings. The molecule has 0 saturated carbocycles. The first-order chi connectivity index (χ1) is 7.43. The van der Waals surface area contributed by atoms with Crippen molar-refractivity contribution in [1.29, 1.82) is 5.26 Å². The Kier molecular flexibility index (Phi) is 4.74. The van der Waals surface area contributed by atoms with Crippen LogP contribution in [-0.4, -0.2) is 34.5 Å². The van der Waals surface area contributed by atoms with Gasteiger partial charge in [0.1, 0.15) is 0 Å². The molecule has 1 atom stereocenters. The quantitative estimate of drug-likeness (QED) is 0.823. The summed E-state index contributed by atoms with van der Waals surface area (Å²) in [7, 11) is -0.821. The molecule has 3 nitrogen and oxygen atoms in total. The number of alkyl halides is 3. The van der Waals surface area contributed by atoms with Gasteiger partial charge in [0.25, 0.3) is 0 Å². The van der Waals surface area contributed by atoms with Crippen molar-refractivity contribution in [2.75, 3.05) is 18.1 Å². The Labute approximate surface area is 94.5 Å². The van der Waals surface area contributed by atoms with E-state index in [0.29, 0.717) is 24.3 Å². The largest absolute Gasteiger partial charge is 0.405 e. The minimum Gasteiger partial charge on any atom is -0.312 e. The summed E-state index contributed by atoms with van der Waals surface area (Å²) in [6.07, 6.45) is -3.25. The lowest BCUT2D eigenvalue weighted by molar-refractivity contribution is -0.158. The first-order valence-electron chi connectivity index (χ1n) is 4.98. The molecule has 0 bridgehead atoms. The molecule has 7 heteroatoms. The van der Waals surface area contributed by atoms with Crippen LogP contribution in [0.5, 0.6) is 0 Å². The first-order valence-corrected chi connectivity index (χ1v) is 6.47.